The summed E-state index contributed by atoms with van der Waals surface area (Å²) in [6.45, 7) is 2.00. The highest BCUT2D eigenvalue weighted by Gasteiger charge is 2.48. The van der Waals surface area contributed by atoms with Crippen LogP contribution in [0.4, 0.5) is 0 Å². The standard InChI is InChI=1S/C21H21NO5/c1-3-27-21(25)18-17(14-7-5-4-6-8-14)13-22(20(18)24)19(23)15-9-11-16(26-2)12-10-15/h4-12,17-18H,3,13H2,1-2H3/t17-,18+/m1/s1. The van der Waals surface area contributed by atoms with E-state index in [1.807, 2.05) is 30.3 Å². The van der Waals surface area contributed by atoms with Gasteiger partial charge < -0.3 is 9.47 Å². The number of carbonyl (C=O) groups excluding carboxylic acids is 3. The number of amides is 2. The minimum absolute atomic E-state index is 0.136. The number of hydrogen-bond acceptors (Lipinski definition) is 5. The Balaban J connectivity index is 1.91. The van der Waals surface area contributed by atoms with Crippen molar-refractivity contribution in [3.05, 3.63) is 65.7 Å². The van der Waals surface area contributed by atoms with Crippen molar-refractivity contribution >= 4 is 17.8 Å². The smallest absolute Gasteiger partial charge is 0.319 e. The Morgan fingerprint density at radius 3 is 2.33 bits per heavy atom. The summed E-state index contributed by atoms with van der Waals surface area (Å²) in [6, 6.07) is 15.8. The highest BCUT2D eigenvalue weighted by atomic mass is 16.5. The average molecular weight is 367 g/mol. The van der Waals surface area contributed by atoms with Gasteiger partial charge in [-0.3, -0.25) is 19.3 Å². The van der Waals surface area contributed by atoms with Crippen LogP contribution in [0.25, 0.3) is 0 Å². The van der Waals surface area contributed by atoms with Crippen molar-refractivity contribution in [2.75, 3.05) is 20.3 Å². The highest BCUT2D eigenvalue weighted by Crippen LogP contribution is 2.35. The van der Waals surface area contributed by atoms with E-state index in [1.54, 1.807) is 31.2 Å². The summed E-state index contributed by atoms with van der Waals surface area (Å²) in [4.78, 5) is 39.4. The van der Waals surface area contributed by atoms with Gasteiger partial charge in [0, 0.05) is 18.0 Å². The fourth-order valence-electron chi connectivity index (χ4n) is 3.30. The van der Waals surface area contributed by atoms with Crippen molar-refractivity contribution in [2.24, 2.45) is 5.92 Å². The van der Waals surface area contributed by atoms with E-state index in [0.717, 1.165) is 10.5 Å². The van der Waals surface area contributed by atoms with Gasteiger partial charge in [0.2, 0.25) is 5.91 Å². The lowest BCUT2D eigenvalue weighted by molar-refractivity contribution is -0.152. The Morgan fingerprint density at radius 2 is 1.74 bits per heavy atom. The van der Waals surface area contributed by atoms with E-state index in [0.29, 0.717) is 11.3 Å². The zero-order valence-electron chi connectivity index (χ0n) is 15.3. The van der Waals surface area contributed by atoms with Gasteiger partial charge >= 0.3 is 5.97 Å². The van der Waals surface area contributed by atoms with Crippen LogP contribution in [0.5, 0.6) is 5.75 Å². The zero-order valence-corrected chi connectivity index (χ0v) is 15.3. The van der Waals surface area contributed by atoms with Crippen molar-refractivity contribution in [1.29, 1.82) is 0 Å². The van der Waals surface area contributed by atoms with E-state index < -0.39 is 29.6 Å². The second-order valence-corrected chi connectivity index (χ2v) is 6.23. The van der Waals surface area contributed by atoms with Gasteiger partial charge in [-0.15, -0.1) is 0 Å². The molecule has 2 amide bonds. The van der Waals surface area contributed by atoms with Crippen LogP contribution in [0.2, 0.25) is 0 Å². The molecule has 27 heavy (non-hydrogen) atoms. The number of nitrogens with zero attached hydrogens (tertiary/aromatic N) is 1. The first-order valence-corrected chi connectivity index (χ1v) is 8.78. The van der Waals surface area contributed by atoms with Crippen LogP contribution in [-0.2, 0) is 14.3 Å². The molecule has 1 aliphatic rings. The molecule has 1 saturated heterocycles. The van der Waals surface area contributed by atoms with Gasteiger partial charge in [0.15, 0.2) is 0 Å². The Bertz CT molecular complexity index is 831. The van der Waals surface area contributed by atoms with Gasteiger partial charge in [-0.1, -0.05) is 30.3 Å². The fourth-order valence-corrected chi connectivity index (χ4v) is 3.30. The van der Waals surface area contributed by atoms with Crippen molar-refractivity contribution in [1.82, 2.24) is 4.90 Å². The molecule has 0 saturated carbocycles. The van der Waals surface area contributed by atoms with Crippen LogP contribution >= 0.6 is 0 Å². The van der Waals surface area contributed by atoms with E-state index in [1.165, 1.54) is 7.11 Å². The first-order valence-electron chi connectivity index (χ1n) is 8.78. The SMILES string of the molecule is CCOC(=O)[C@@H]1C(=O)N(C(=O)c2ccc(OC)cc2)C[C@@H]1c1ccccc1. The Labute approximate surface area is 157 Å². The maximum atomic E-state index is 12.9. The van der Waals surface area contributed by atoms with Gasteiger partial charge in [0.25, 0.3) is 5.91 Å². The van der Waals surface area contributed by atoms with E-state index in [2.05, 4.69) is 0 Å². The maximum Gasteiger partial charge on any atom is 0.319 e. The molecule has 0 unspecified atom stereocenters. The van der Waals surface area contributed by atoms with Crippen molar-refractivity contribution in [3.8, 4) is 5.75 Å². The summed E-state index contributed by atoms with van der Waals surface area (Å²) in [5, 5.41) is 0. The molecule has 0 bridgehead atoms. The molecule has 1 heterocycles. The van der Waals surface area contributed by atoms with E-state index in [-0.39, 0.29) is 13.2 Å². The van der Waals surface area contributed by atoms with Crippen molar-refractivity contribution < 1.29 is 23.9 Å². The molecular formula is C21H21NO5. The number of likely N-dealkylation sites (tertiary alicyclic amines) is 1. The summed E-state index contributed by atoms with van der Waals surface area (Å²) in [5.41, 5.74) is 1.19. The summed E-state index contributed by atoms with van der Waals surface area (Å²) in [6.07, 6.45) is 0. The molecule has 0 aromatic heterocycles. The van der Waals surface area contributed by atoms with Gasteiger partial charge in [0.05, 0.1) is 13.7 Å². The number of benzene rings is 2. The average Bonchev–Trinajstić information content (AvgIpc) is 3.05. The van der Waals surface area contributed by atoms with E-state index in [9.17, 15) is 14.4 Å². The molecule has 2 aromatic rings. The fraction of sp³-hybridized carbons (Fsp3) is 0.286. The maximum absolute atomic E-state index is 12.9. The van der Waals surface area contributed by atoms with E-state index >= 15 is 0 Å². The van der Waals surface area contributed by atoms with Crippen molar-refractivity contribution in [2.45, 2.75) is 12.8 Å². The lowest BCUT2D eigenvalue weighted by Gasteiger charge is -2.15. The number of methoxy groups -OCH3 is 1. The lowest BCUT2D eigenvalue weighted by atomic mass is 9.89. The number of rotatable bonds is 5. The minimum Gasteiger partial charge on any atom is -0.497 e. The number of hydrogen-bond donors (Lipinski definition) is 0. The Kier molecular flexibility index (Phi) is 5.54. The van der Waals surface area contributed by atoms with E-state index in [4.69, 9.17) is 9.47 Å². The molecule has 1 aliphatic heterocycles. The molecule has 0 spiro atoms. The molecule has 0 radical (unpaired) electrons. The molecule has 0 aliphatic carbocycles. The minimum atomic E-state index is -1.02. The first kappa shape index (κ1) is 18.6. The second kappa shape index (κ2) is 8.03. The predicted octanol–water partition coefficient (Wildman–Crippen LogP) is 2.64. The van der Waals surface area contributed by atoms with Crippen LogP contribution in [0.1, 0.15) is 28.8 Å². The highest BCUT2D eigenvalue weighted by molar-refractivity contribution is 6.12. The van der Waals surface area contributed by atoms with Crippen LogP contribution in [0.15, 0.2) is 54.6 Å². The third kappa shape index (κ3) is 3.69. The molecule has 1 fully saturated rings. The molecule has 6 heteroatoms. The monoisotopic (exact) mass is 367 g/mol. The quantitative estimate of drug-likeness (QED) is 0.461. The van der Waals surface area contributed by atoms with Gasteiger partial charge in [-0.05, 0) is 36.8 Å². The lowest BCUT2D eigenvalue weighted by Crippen LogP contribution is -2.36. The zero-order chi connectivity index (χ0) is 19.4. The first-order chi connectivity index (χ1) is 13.1. The van der Waals surface area contributed by atoms with Gasteiger partial charge in [0.1, 0.15) is 11.7 Å². The molecule has 2 aromatic carbocycles. The summed E-state index contributed by atoms with van der Waals surface area (Å²) in [5.74, 6) is -2.39. The van der Waals surface area contributed by atoms with Gasteiger partial charge in [-0.25, -0.2) is 0 Å². The molecule has 6 nitrogen and oxygen atoms in total. The Hall–Kier alpha value is -3.15. The second-order valence-electron chi connectivity index (χ2n) is 6.23. The molecule has 0 N–H and O–H groups in total. The normalized spacial score (nSPS) is 19.0. The molecular weight excluding hydrogens is 346 g/mol. The third-order valence-corrected chi connectivity index (χ3v) is 4.66. The van der Waals surface area contributed by atoms with Crippen LogP contribution in [0, 0.1) is 5.92 Å². The number of ether oxygens (including phenoxy) is 2. The predicted molar refractivity (Wildman–Crippen MR) is 98.3 cm³/mol. The summed E-state index contributed by atoms with van der Waals surface area (Å²) >= 11 is 0. The van der Waals surface area contributed by atoms with Crippen LogP contribution in [-0.4, -0.2) is 42.9 Å². The summed E-state index contributed by atoms with van der Waals surface area (Å²) in [7, 11) is 1.54. The topological polar surface area (TPSA) is 72.9 Å². The van der Waals surface area contributed by atoms with Crippen LogP contribution < -0.4 is 4.74 Å². The van der Waals surface area contributed by atoms with Crippen LogP contribution in [0.3, 0.4) is 0 Å². The number of esters is 1. The largest absolute Gasteiger partial charge is 0.497 e. The third-order valence-electron chi connectivity index (χ3n) is 4.66. The molecule has 140 valence electrons. The molecule has 2 atom stereocenters. The molecule has 3 rings (SSSR count). The number of imide groups is 1. The van der Waals surface area contributed by atoms with Gasteiger partial charge in [-0.2, -0.15) is 0 Å². The van der Waals surface area contributed by atoms with Crippen molar-refractivity contribution in [3.63, 3.8) is 0 Å². The summed E-state index contributed by atoms with van der Waals surface area (Å²) < 4.78 is 10.2. The Morgan fingerprint density at radius 1 is 1.07 bits per heavy atom. The number of carbonyl (C=O) groups is 3.